The fourth-order valence-corrected chi connectivity index (χ4v) is 7.35. The molecule has 4 atom stereocenters. The number of carbonyl (C=O) groups excluding carboxylic acids is 1. The summed E-state index contributed by atoms with van der Waals surface area (Å²) >= 11 is 8.93. The predicted molar refractivity (Wildman–Crippen MR) is 116 cm³/mol. The fraction of sp³-hybridized carbons (Fsp3) is 0.400. The van der Waals surface area contributed by atoms with E-state index in [4.69, 9.17) is 4.99 Å². The third kappa shape index (κ3) is 2.20. The lowest BCUT2D eigenvalue weighted by atomic mass is 9.85. The molecule has 144 valence electrons. The first kappa shape index (κ1) is 17.6. The van der Waals surface area contributed by atoms with Gasteiger partial charge in [-0.15, -0.1) is 0 Å². The van der Waals surface area contributed by atoms with E-state index in [1.165, 1.54) is 12.8 Å². The number of amides is 1. The third-order valence-corrected chi connectivity index (χ3v) is 9.48. The maximum Gasteiger partial charge on any atom is 0.272 e. The van der Waals surface area contributed by atoms with Crippen molar-refractivity contribution in [2.75, 3.05) is 6.54 Å². The number of rotatable bonds is 1. The van der Waals surface area contributed by atoms with Crippen LogP contribution < -0.4 is 5.32 Å². The highest BCUT2D eigenvalue weighted by atomic mass is 79.9. The van der Waals surface area contributed by atoms with Crippen molar-refractivity contribution >= 4 is 54.7 Å². The van der Waals surface area contributed by atoms with E-state index >= 15 is 0 Å². The molecular formula is C20H18Br2N4OS. The molecule has 1 saturated carbocycles. The summed E-state index contributed by atoms with van der Waals surface area (Å²) in [6.45, 7) is 0.826. The van der Waals surface area contributed by atoms with Crippen LogP contribution in [0.2, 0.25) is 0 Å². The predicted octanol–water partition coefficient (Wildman–Crippen LogP) is 4.85. The molecule has 1 amide bonds. The van der Waals surface area contributed by atoms with Crippen LogP contribution in [0.5, 0.6) is 0 Å². The average molecular weight is 522 g/mol. The van der Waals surface area contributed by atoms with E-state index in [0.29, 0.717) is 17.5 Å². The minimum absolute atomic E-state index is 0.103. The van der Waals surface area contributed by atoms with Gasteiger partial charge in [0.05, 0.1) is 4.47 Å². The number of fused-ring (bicyclic) bond motifs is 3. The van der Waals surface area contributed by atoms with Crippen LogP contribution in [0.3, 0.4) is 0 Å². The standard InChI is InChI=1S/C20H18Br2N4OS/c21-14-9-15-17(27)25-10-11-5-4-8-13(11)20(25)18(26(15)16(14)22)23-19(24-20)28-12-6-2-1-3-7-12/h1-3,6-7,9,11,13,18H,4-5,8,10H2,(H,23,24)/t11-,13-,18-,20-/m0/s1. The molecule has 1 aliphatic carbocycles. The zero-order valence-electron chi connectivity index (χ0n) is 14.9. The van der Waals surface area contributed by atoms with Gasteiger partial charge in [0.25, 0.3) is 5.91 Å². The van der Waals surface area contributed by atoms with Crippen LogP contribution in [0.15, 0.2) is 55.4 Å². The van der Waals surface area contributed by atoms with Crippen LogP contribution in [0.25, 0.3) is 0 Å². The molecule has 6 rings (SSSR count). The molecule has 3 aliphatic heterocycles. The maximum absolute atomic E-state index is 13.5. The first-order valence-electron chi connectivity index (χ1n) is 9.56. The van der Waals surface area contributed by atoms with Gasteiger partial charge in [0.1, 0.15) is 10.3 Å². The van der Waals surface area contributed by atoms with Crippen LogP contribution in [-0.2, 0) is 0 Å². The molecule has 4 heterocycles. The SMILES string of the molecule is O=C1c2cc(Br)c(Br)n2[C@@H]2N=C(Sc3ccccc3)N[C@]23[C@H]2CCC[C@H]2CN13. The van der Waals surface area contributed by atoms with Gasteiger partial charge in [-0.1, -0.05) is 36.4 Å². The highest BCUT2D eigenvalue weighted by Gasteiger charge is 2.66. The number of halogens is 2. The number of benzene rings is 1. The summed E-state index contributed by atoms with van der Waals surface area (Å²) in [6, 6.07) is 12.2. The minimum Gasteiger partial charge on any atom is -0.338 e. The van der Waals surface area contributed by atoms with Gasteiger partial charge in [-0.2, -0.15) is 0 Å². The average Bonchev–Trinajstić information content (AvgIpc) is 3.42. The minimum atomic E-state index is -0.455. The Labute approximate surface area is 184 Å². The zero-order chi connectivity index (χ0) is 19.0. The van der Waals surface area contributed by atoms with Crippen LogP contribution in [0.4, 0.5) is 0 Å². The number of hydrogen-bond acceptors (Lipinski definition) is 4. The van der Waals surface area contributed by atoms with E-state index in [2.05, 4.69) is 58.8 Å². The van der Waals surface area contributed by atoms with Crippen molar-refractivity contribution in [3.05, 3.63) is 51.2 Å². The van der Waals surface area contributed by atoms with E-state index in [9.17, 15) is 4.79 Å². The topological polar surface area (TPSA) is 49.6 Å². The van der Waals surface area contributed by atoms with Gasteiger partial charge >= 0.3 is 0 Å². The van der Waals surface area contributed by atoms with Gasteiger partial charge in [-0.25, -0.2) is 4.99 Å². The molecule has 0 bridgehead atoms. The van der Waals surface area contributed by atoms with Crippen molar-refractivity contribution in [2.24, 2.45) is 16.8 Å². The lowest BCUT2D eigenvalue weighted by Gasteiger charge is -2.46. The number of carbonyl (C=O) groups is 1. The van der Waals surface area contributed by atoms with Crippen LogP contribution in [-0.4, -0.2) is 32.7 Å². The molecule has 1 aromatic carbocycles. The van der Waals surface area contributed by atoms with Gasteiger partial charge in [-0.3, -0.25) is 4.79 Å². The number of aliphatic imine (C=N–C) groups is 1. The first-order chi connectivity index (χ1) is 13.6. The summed E-state index contributed by atoms with van der Waals surface area (Å²) in [6.07, 6.45) is 3.43. The molecule has 5 nitrogen and oxygen atoms in total. The summed E-state index contributed by atoms with van der Waals surface area (Å²) in [5.41, 5.74) is 0.249. The van der Waals surface area contributed by atoms with Gasteiger partial charge in [0, 0.05) is 17.4 Å². The van der Waals surface area contributed by atoms with Gasteiger partial charge < -0.3 is 14.8 Å². The number of hydrogen-bond donors (Lipinski definition) is 1. The zero-order valence-corrected chi connectivity index (χ0v) is 18.9. The van der Waals surface area contributed by atoms with Gasteiger partial charge in [0.15, 0.2) is 17.0 Å². The monoisotopic (exact) mass is 520 g/mol. The molecule has 2 fully saturated rings. The third-order valence-electron chi connectivity index (χ3n) is 6.63. The molecule has 4 aliphatic rings. The summed E-state index contributed by atoms with van der Waals surface area (Å²) in [5, 5.41) is 4.65. The fourth-order valence-electron chi connectivity index (χ4n) is 5.56. The first-order valence-corrected chi connectivity index (χ1v) is 12.0. The van der Waals surface area contributed by atoms with Crippen molar-refractivity contribution in [2.45, 2.75) is 36.0 Å². The molecule has 1 saturated heterocycles. The van der Waals surface area contributed by atoms with Crippen LogP contribution in [0.1, 0.15) is 35.9 Å². The Balaban J connectivity index is 1.50. The molecule has 8 heteroatoms. The van der Waals surface area contributed by atoms with E-state index in [1.807, 2.05) is 24.3 Å². The van der Waals surface area contributed by atoms with E-state index in [-0.39, 0.29) is 12.1 Å². The second kappa shape index (κ2) is 6.12. The van der Waals surface area contributed by atoms with E-state index in [0.717, 1.165) is 32.1 Å². The number of thioether (sulfide) groups is 1. The van der Waals surface area contributed by atoms with Gasteiger partial charge in [0.2, 0.25) is 0 Å². The molecule has 0 unspecified atom stereocenters. The Morgan fingerprint density at radius 3 is 2.86 bits per heavy atom. The van der Waals surface area contributed by atoms with Crippen LogP contribution in [0, 0.1) is 11.8 Å². The van der Waals surface area contributed by atoms with Crippen molar-refractivity contribution in [3.8, 4) is 0 Å². The molecule has 2 aromatic rings. The maximum atomic E-state index is 13.5. The normalized spacial score (nSPS) is 32.5. The van der Waals surface area contributed by atoms with Crippen LogP contribution >= 0.6 is 43.6 Å². The molecular weight excluding hydrogens is 504 g/mol. The Kier molecular flexibility index (Phi) is 3.85. The summed E-state index contributed by atoms with van der Waals surface area (Å²) < 4.78 is 3.86. The Bertz CT molecular complexity index is 1020. The highest BCUT2D eigenvalue weighted by Crippen LogP contribution is 2.57. The lowest BCUT2D eigenvalue weighted by molar-refractivity contribution is 0.0159. The van der Waals surface area contributed by atoms with E-state index in [1.54, 1.807) is 11.8 Å². The molecule has 28 heavy (non-hydrogen) atoms. The van der Waals surface area contributed by atoms with Gasteiger partial charge in [-0.05, 0) is 68.8 Å². The second-order valence-corrected chi connectivity index (χ2v) is 10.6. The van der Waals surface area contributed by atoms with Crippen molar-refractivity contribution in [1.29, 1.82) is 0 Å². The molecule has 1 N–H and O–H groups in total. The molecule has 0 radical (unpaired) electrons. The van der Waals surface area contributed by atoms with Crippen molar-refractivity contribution < 1.29 is 4.79 Å². The number of amidine groups is 1. The summed E-state index contributed by atoms with van der Waals surface area (Å²) in [7, 11) is 0. The summed E-state index contributed by atoms with van der Waals surface area (Å²) in [4.78, 5) is 21.8. The Morgan fingerprint density at radius 1 is 1.21 bits per heavy atom. The summed E-state index contributed by atoms with van der Waals surface area (Å²) in [5.74, 6) is 1.09. The quantitative estimate of drug-likeness (QED) is 0.583. The molecule has 1 spiro atoms. The second-order valence-electron chi connectivity index (χ2n) is 7.92. The highest BCUT2D eigenvalue weighted by molar-refractivity contribution is 9.13. The lowest BCUT2D eigenvalue weighted by Crippen LogP contribution is -2.65. The smallest absolute Gasteiger partial charge is 0.272 e. The Morgan fingerprint density at radius 2 is 2.04 bits per heavy atom. The largest absolute Gasteiger partial charge is 0.338 e. The van der Waals surface area contributed by atoms with Crippen molar-refractivity contribution in [1.82, 2.24) is 14.8 Å². The molecule has 1 aromatic heterocycles. The Hall–Kier alpha value is -1.25. The number of nitrogens with one attached hydrogen (secondary N) is 1. The number of nitrogens with zero attached hydrogens (tertiary/aromatic N) is 3. The van der Waals surface area contributed by atoms with Crippen molar-refractivity contribution in [3.63, 3.8) is 0 Å². The van der Waals surface area contributed by atoms with E-state index < -0.39 is 5.66 Å². The number of aromatic nitrogens is 1.